The predicted molar refractivity (Wildman–Crippen MR) is 242 cm³/mol. The van der Waals surface area contributed by atoms with E-state index in [1.54, 1.807) is 19.2 Å². The molecule has 0 bridgehead atoms. The van der Waals surface area contributed by atoms with E-state index in [0.29, 0.717) is 76.0 Å². The number of aliphatic hydroxyl groups excluding tert-OH is 4. The molecule has 1 amide bonds. The Morgan fingerprint density at radius 1 is 1.00 bits per heavy atom. The number of aliphatic imine (C=N–C) groups is 1. The number of allylic oxidation sites excluding steroid dienone is 1. The van der Waals surface area contributed by atoms with Crippen LogP contribution in [0, 0.1) is 24.2 Å². The summed E-state index contributed by atoms with van der Waals surface area (Å²) in [6.45, 7) is 1.08. The Balaban J connectivity index is 1.04. The van der Waals surface area contributed by atoms with Crippen molar-refractivity contribution < 1.29 is 59.5 Å². The quantitative estimate of drug-likeness (QED) is 0.0732. The van der Waals surface area contributed by atoms with Crippen molar-refractivity contribution in [3.63, 3.8) is 0 Å². The van der Waals surface area contributed by atoms with Gasteiger partial charge < -0.3 is 55.1 Å². The topological polar surface area (TPSA) is 244 Å². The molecular formula is C50H57N3O13. The first-order valence-corrected chi connectivity index (χ1v) is 23.1. The molecule has 8 N–H and O–H groups in total. The van der Waals surface area contributed by atoms with Gasteiger partial charge in [0.15, 0.2) is 16.8 Å². The van der Waals surface area contributed by atoms with Gasteiger partial charge in [0.1, 0.15) is 65.2 Å². The Morgan fingerprint density at radius 3 is 2.61 bits per heavy atom. The maximum atomic E-state index is 13.7. The van der Waals surface area contributed by atoms with Crippen molar-refractivity contribution in [3.05, 3.63) is 93.1 Å². The highest BCUT2D eigenvalue weighted by atomic mass is 17.2. The molecule has 2 aliphatic carbocycles. The van der Waals surface area contributed by atoms with Crippen LogP contribution in [0.5, 0.6) is 17.2 Å². The third-order valence-corrected chi connectivity index (χ3v) is 15.4. The average molecular weight is 908 g/mol. The molecule has 10 rings (SSSR count). The summed E-state index contributed by atoms with van der Waals surface area (Å²) in [5.41, 5.74) is -0.407. The van der Waals surface area contributed by atoms with E-state index in [1.807, 2.05) is 17.2 Å². The van der Waals surface area contributed by atoms with Crippen LogP contribution in [0.2, 0.25) is 0 Å². The van der Waals surface area contributed by atoms with Crippen molar-refractivity contribution >= 4 is 39.6 Å². The second-order valence-corrected chi connectivity index (χ2v) is 19.5. The SMILES string of the molecule is Cc1cc(=O)c2cc3c(c(N4C=C5N=CC=C5C4)c2o1)O[C@@]1(CCC[C@@H]([C@@H]2CNC(=O)C24CCCCC4)C1)[C@H](OOC[C@@](O)(Cc1ccc(O)c2ccc(O)cc12)[C@@H](O)[C@H](O)[C@H](O)CO)C3. The number of rotatable bonds is 12. The van der Waals surface area contributed by atoms with Crippen LogP contribution >= 0.6 is 0 Å². The lowest BCUT2D eigenvalue weighted by Crippen LogP contribution is -2.59. The highest BCUT2D eigenvalue weighted by molar-refractivity contribution is 5.96. The van der Waals surface area contributed by atoms with Crippen LogP contribution in [0.4, 0.5) is 5.69 Å². The van der Waals surface area contributed by atoms with Crippen LogP contribution in [-0.4, -0.2) is 110 Å². The van der Waals surface area contributed by atoms with Crippen molar-refractivity contribution in [1.29, 1.82) is 0 Å². The summed E-state index contributed by atoms with van der Waals surface area (Å²) in [5, 5.41) is 80.5. The number of carbonyl (C=O) groups is 1. The molecule has 0 radical (unpaired) electrons. The number of hydrogen-bond acceptors (Lipinski definition) is 15. The van der Waals surface area contributed by atoms with Crippen LogP contribution in [0.25, 0.3) is 21.7 Å². The number of hydrogen-bond donors (Lipinski definition) is 8. The van der Waals surface area contributed by atoms with E-state index >= 15 is 0 Å². The number of aryl methyl sites for hydroxylation is 1. The number of nitrogens with zero attached hydrogens (tertiary/aromatic N) is 2. The van der Waals surface area contributed by atoms with Gasteiger partial charge in [-0.05, 0) is 105 Å². The number of fused-ring (bicyclic) bond motifs is 4. The van der Waals surface area contributed by atoms with Crippen molar-refractivity contribution in [2.45, 2.75) is 113 Å². The van der Waals surface area contributed by atoms with E-state index in [-0.39, 0.29) is 41.1 Å². The summed E-state index contributed by atoms with van der Waals surface area (Å²) in [7, 11) is 0. The summed E-state index contributed by atoms with van der Waals surface area (Å²) < 4.78 is 13.8. The van der Waals surface area contributed by atoms with E-state index < -0.39 is 60.7 Å². The molecule has 5 heterocycles. The predicted octanol–water partition coefficient (Wildman–Crippen LogP) is 4.26. The van der Waals surface area contributed by atoms with Crippen molar-refractivity contribution in [1.82, 2.24) is 5.32 Å². The lowest BCUT2D eigenvalue weighted by molar-refractivity contribution is -0.375. The minimum atomic E-state index is -2.40. The molecule has 350 valence electrons. The summed E-state index contributed by atoms with van der Waals surface area (Å²) in [5.74, 6) is 0.980. The van der Waals surface area contributed by atoms with Crippen LogP contribution in [0.1, 0.15) is 74.7 Å². The van der Waals surface area contributed by atoms with Gasteiger partial charge in [0, 0.05) is 54.4 Å². The highest BCUT2D eigenvalue weighted by Gasteiger charge is 2.58. The second-order valence-electron chi connectivity index (χ2n) is 19.5. The number of anilines is 1. The van der Waals surface area contributed by atoms with Gasteiger partial charge in [0.05, 0.1) is 29.6 Å². The number of phenols is 2. The molecule has 3 fully saturated rings. The fraction of sp³-hybridized carbons (Fsp3) is 0.500. The third kappa shape index (κ3) is 7.56. The lowest BCUT2D eigenvalue weighted by atomic mass is 9.59. The number of carbonyl (C=O) groups excluding carboxylic acids is 1. The standard InChI is InChI=1S/C50H57N3O13/c1-27-16-39(57)35-17-31-18-41(66-63-26-49(62,46(60)43(59)40(58)25-54)20-28-7-10-38(56)33-9-8-32(55)19-34(28)33)50(65-44(31)42(45(35)64-27)53-23-30-11-15-51-37(30)24-53)14-5-6-29(21-50)36-22-52-47(61)48(36)12-3-2-4-13-48/h7-11,15-17,19,24,29,36,40-41,43,46,54-56,58-60,62H,2-6,12-14,18,20-23,25-26H2,1H3,(H,52,61)/t29-,36+,40-,41-,43-,46+,49+,50-/m1/s1. The molecule has 16 heteroatoms. The van der Waals surface area contributed by atoms with Crippen LogP contribution in [-0.2, 0) is 27.4 Å². The zero-order valence-electron chi connectivity index (χ0n) is 36.8. The van der Waals surface area contributed by atoms with E-state index in [2.05, 4.69) is 10.3 Å². The number of benzene rings is 3. The van der Waals surface area contributed by atoms with Crippen LogP contribution in [0.3, 0.4) is 0 Å². The van der Waals surface area contributed by atoms with Gasteiger partial charge in [-0.15, -0.1) is 0 Å². The van der Waals surface area contributed by atoms with Crippen molar-refractivity contribution in [2.75, 3.05) is 31.2 Å². The van der Waals surface area contributed by atoms with Crippen molar-refractivity contribution in [2.24, 2.45) is 22.2 Å². The van der Waals surface area contributed by atoms with Gasteiger partial charge in [0.25, 0.3) is 0 Å². The van der Waals surface area contributed by atoms with Gasteiger partial charge in [-0.3, -0.25) is 14.6 Å². The lowest BCUT2D eigenvalue weighted by Gasteiger charge is -2.51. The van der Waals surface area contributed by atoms with Crippen LogP contribution < -0.4 is 20.4 Å². The molecule has 2 saturated carbocycles. The molecule has 66 heavy (non-hydrogen) atoms. The number of phenolic OH excluding ortho intramolecular Hbond substituents is 2. The van der Waals surface area contributed by atoms with Crippen LogP contribution in [0.15, 0.2) is 80.2 Å². The van der Waals surface area contributed by atoms with Gasteiger partial charge >= 0.3 is 0 Å². The number of aromatic hydroxyl groups is 2. The van der Waals surface area contributed by atoms with Gasteiger partial charge in [-0.25, -0.2) is 9.78 Å². The average Bonchev–Trinajstić information content (AvgIpc) is 4.01. The van der Waals surface area contributed by atoms with E-state index in [1.165, 1.54) is 36.4 Å². The highest BCUT2D eigenvalue weighted by Crippen LogP contribution is 2.56. The largest absolute Gasteiger partial charge is 0.508 e. The van der Waals surface area contributed by atoms with Gasteiger partial charge in [-0.1, -0.05) is 25.3 Å². The molecule has 4 aliphatic heterocycles. The first-order chi connectivity index (χ1) is 31.7. The maximum Gasteiger partial charge on any atom is 0.226 e. The molecular weight excluding hydrogens is 851 g/mol. The molecule has 16 nitrogen and oxygen atoms in total. The molecule has 6 aliphatic rings. The summed E-state index contributed by atoms with van der Waals surface area (Å²) in [6.07, 6.45) is 5.88. The molecule has 1 aromatic heterocycles. The second kappa shape index (κ2) is 17.1. The molecule has 0 unspecified atom stereocenters. The van der Waals surface area contributed by atoms with E-state index in [4.69, 9.17) is 18.9 Å². The zero-order chi connectivity index (χ0) is 46.1. The number of nitrogens with one attached hydrogen (secondary N) is 1. The number of aliphatic hydroxyl groups is 5. The molecule has 2 spiro atoms. The fourth-order valence-electron chi connectivity index (χ4n) is 12.0. The van der Waals surface area contributed by atoms with E-state index in [9.17, 15) is 45.3 Å². The Bertz CT molecular complexity index is 2730. The monoisotopic (exact) mass is 907 g/mol. The molecule has 3 aromatic carbocycles. The Morgan fingerprint density at radius 2 is 1.82 bits per heavy atom. The minimum absolute atomic E-state index is 0.0494. The zero-order valence-corrected chi connectivity index (χ0v) is 36.8. The molecule has 1 saturated heterocycles. The Hall–Kier alpha value is -5.33. The number of amides is 1. The van der Waals surface area contributed by atoms with E-state index in [0.717, 1.165) is 56.2 Å². The Kier molecular flexibility index (Phi) is 11.5. The summed E-state index contributed by atoms with van der Waals surface area (Å²) >= 11 is 0. The first kappa shape index (κ1) is 44.5. The Labute approximate surface area is 380 Å². The summed E-state index contributed by atoms with van der Waals surface area (Å²) in [4.78, 5) is 46.5. The van der Waals surface area contributed by atoms with Gasteiger partial charge in [0.2, 0.25) is 5.91 Å². The smallest absolute Gasteiger partial charge is 0.226 e. The first-order valence-electron chi connectivity index (χ1n) is 23.1. The van der Waals surface area contributed by atoms with Gasteiger partial charge in [-0.2, -0.15) is 0 Å². The molecule has 8 atom stereocenters. The fourth-order valence-corrected chi connectivity index (χ4v) is 12.0. The maximum absolute atomic E-state index is 13.7. The van der Waals surface area contributed by atoms with Crippen molar-refractivity contribution in [3.8, 4) is 17.2 Å². The number of ether oxygens (including phenoxy) is 1. The third-order valence-electron chi connectivity index (χ3n) is 15.4. The minimum Gasteiger partial charge on any atom is -0.508 e. The molecule has 4 aromatic rings. The normalized spacial score (nSPS) is 26.7. The summed E-state index contributed by atoms with van der Waals surface area (Å²) in [6, 6.07) is 10.4.